The zero-order valence-electron chi connectivity index (χ0n) is 10.6. The molecule has 1 N–H and O–H groups in total. The first-order chi connectivity index (χ1) is 9.70. The van der Waals surface area contributed by atoms with Crippen LogP contribution >= 0.6 is 23.2 Å². The van der Waals surface area contributed by atoms with Gasteiger partial charge in [0.25, 0.3) is 0 Å². The van der Waals surface area contributed by atoms with E-state index >= 15 is 0 Å². The molecule has 0 unspecified atom stereocenters. The number of benzene rings is 1. The van der Waals surface area contributed by atoms with Gasteiger partial charge in [0.1, 0.15) is 5.75 Å². The summed E-state index contributed by atoms with van der Waals surface area (Å²) in [6, 6.07) is 3.50. The molecule has 1 aromatic carbocycles. The molecule has 1 aromatic heterocycles. The number of halogens is 2. The van der Waals surface area contributed by atoms with E-state index in [4.69, 9.17) is 32.8 Å². The third-order valence-corrected chi connectivity index (χ3v) is 5.01. The van der Waals surface area contributed by atoms with Crippen molar-refractivity contribution in [1.29, 1.82) is 0 Å². The Bertz CT molecular complexity index is 813. The molecule has 0 bridgehead atoms. The van der Waals surface area contributed by atoms with Crippen molar-refractivity contribution in [2.75, 3.05) is 0 Å². The number of sulfone groups is 1. The number of hydrogen-bond acceptors (Lipinski definition) is 5. The molecule has 9 heteroatoms. The molecule has 6 nitrogen and oxygen atoms in total. The van der Waals surface area contributed by atoms with Gasteiger partial charge >= 0.3 is 5.97 Å². The summed E-state index contributed by atoms with van der Waals surface area (Å²) in [4.78, 5) is 10.7. The third kappa shape index (κ3) is 3.37. The summed E-state index contributed by atoms with van der Waals surface area (Å²) in [7, 11) is -3.89. The topological polar surface area (TPSA) is 97.5 Å². The quantitative estimate of drug-likeness (QED) is 0.910. The summed E-state index contributed by atoms with van der Waals surface area (Å²) < 4.78 is 29.5. The van der Waals surface area contributed by atoms with Gasteiger partial charge in [-0.2, -0.15) is 0 Å². The standard InChI is InChI=1S/C12H9Cl2NO5S/c1-6-2-7(20-15-6)5-21(18,19)11-3-8(12(16)17)9(13)4-10(11)14/h2-4H,5H2,1H3,(H,16,17). The van der Waals surface area contributed by atoms with Gasteiger partial charge < -0.3 is 9.63 Å². The van der Waals surface area contributed by atoms with Gasteiger partial charge in [-0.05, 0) is 19.1 Å². The van der Waals surface area contributed by atoms with E-state index in [9.17, 15) is 13.2 Å². The number of aromatic nitrogens is 1. The van der Waals surface area contributed by atoms with Crippen LogP contribution in [0, 0.1) is 6.92 Å². The summed E-state index contributed by atoms with van der Waals surface area (Å²) in [5.74, 6) is -1.69. The molecule has 21 heavy (non-hydrogen) atoms. The maximum atomic E-state index is 12.3. The van der Waals surface area contributed by atoms with Gasteiger partial charge in [0.2, 0.25) is 0 Å². The van der Waals surface area contributed by atoms with Crippen LogP contribution in [0.5, 0.6) is 0 Å². The van der Waals surface area contributed by atoms with Crippen LogP contribution in [-0.4, -0.2) is 24.7 Å². The minimum absolute atomic E-state index is 0.135. The van der Waals surface area contributed by atoms with Crippen LogP contribution in [0.1, 0.15) is 21.8 Å². The van der Waals surface area contributed by atoms with E-state index in [0.717, 1.165) is 12.1 Å². The van der Waals surface area contributed by atoms with Crippen LogP contribution in [0.25, 0.3) is 0 Å². The highest BCUT2D eigenvalue weighted by molar-refractivity contribution is 7.90. The molecule has 2 rings (SSSR count). The first-order valence-corrected chi connectivity index (χ1v) is 7.99. The van der Waals surface area contributed by atoms with E-state index in [0.29, 0.717) is 5.69 Å². The highest BCUT2D eigenvalue weighted by Gasteiger charge is 2.24. The number of carboxylic acid groups (broad SMARTS) is 1. The van der Waals surface area contributed by atoms with Gasteiger partial charge in [-0.3, -0.25) is 0 Å². The van der Waals surface area contributed by atoms with Gasteiger partial charge in [-0.15, -0.1) is 0 Å². The molecular formula is C12H9Cl2NO5S. The average Bonchev–Trinajstić information content (AvgIpc) is 2.72. The molecule has 0 aliphatic rings. The number of carboxylic acids is 1. The summed E-state index contributed by atoms with van der Waals surface area (Å²) in [6.07, 6.45) is 0. The molecule has 0 aliphatic carbocycles. The minimum Gasteiger partial charge on any atom is -0.478 e. The van der Waals surface area contributed by atoms with Crippen molar-refractivity contribution in [2.45, 2.75) is 17.6 Å². The predicted molar refractivity (Wildman–Crippen MR) is 75.6 cm³/mol. The average molecular weight is 350 g/mol. The van der Waals surface area contributed by atoms with E-state index in [-0.39, 0.29) is 26.3 Å². The first kappa shape index (κ1) is 15.8. The van der Waals surface area contributed by atoms with Crippen LogP contribution in [0.3, 0.4) is 0 Å². The molecular weight excluding hydrogens is 341 g/mol. The van der Waals surface area contributed by atoms with Gasteiger partial charge in [0.05, 0.1) is 26.2 Å². The van der Waals surface area contributed by atoms with Crippen LogP contribution in [0.4, 0.5) is 0 Å². The molecule has 0 atom stereocenters. The predicted octanol–water partition coefficient (Wildman–Crippen LogP) is 2.96. The van der Waals surface area contributed by atoms with E-state index < -0.39 is 21.6 Å². The Kier molecular flexibility index (Phi) is 4.27. The molecule has 0 fully saturated rings. The molecule has 0 amide bonds. The number of aryl methyl sites for hydroxylation is 1. The van der Waals surface area contributed by atoms with Crippen molar-refractivity contribution in [1.82, 2.24) is 5.16 Å². The molecule has 0 saturated carbocycles. The van der Waals surface area contributed by atoms with E-state index in [1.807, 2.05) is 0 Å². The second kappa shape index (κ2) is 5.67. The molecule has 0 aliphatic heterocycles. The number of carbonyl (C=O) groups is 1. The van der Waals surface area contributed by atoms with Crippen molar-refractivity contribution >= 4 is 39.0 Å². The normalized spacial score (nSPS) is 11.6. The largest absolute Gasteiger partial charge is 0.478 e. The zero-order chi connectivity index (χ0) is 15.8. The molecule has 0 radical (unpaired) electrons. The SMILES string of the molecule is Cc1cc(CS(=O)(=O)c2cc(C(=O)O)c(Cl)cc2Cl)on1. The van der Waals surface area contributed by atoms with Crippen LogP contribution in [-0.2, 0) is 15.6 Å². The summed E-state index contributed by atoms with van der Waals surface area (Å²) in [5.41, 5.74) is 0.196. The lowest BCUT2D eigenvalue weighted by atomic mass is 10.2. The zero-order valence-corrected chi connectivity index (χ0v) is 13.0. The molecule has 0 saturated heterocycles. The minimum atomic E-state index is -3.89. The molecule has 0 spiro atoms. The Hall–Kier alpha value is -1.57. The smallest absolute Gasteiger partial charge is 0.337 e. The second-order valence-electron chi connectivity index (χ2n) is 4.26. The third-order valence-electron chi connectivity index (χ3n) is 2.60. The number of rotatable bonds is 4. The monoisotopic (exact) mass is 349 g/mol. The Balaban J connectivity index is 2.49. The maximum absolute atomic E-state index is 12.3. The van der Waals surface area contributed by atoms with Crippen LogP contribution in [0.2, 0.25) is 10.0 Å². The maximum Gasteiger partial charge on any atom is 0.337 e. The fourth-order valence-electron chi connectivity index (χ4n) is 1.68. The number of hydrogen-bond donors (Lipinski definition) is 1. The Morgan fingerprint density at radius 1 is 1.29 bits per heavy atom. The van der Waals surface area contributed by atoms with Gasteiger partial charge in [0, 0.05) is 6.07 Å². The Morgan fingerprint density at radius 3 is 2.48 bits per heavy atom. The van der Waals surface area contributed by atoms with Crippen molar-refractivity contribution in [2.24, 2.45) is 0 Å². The number of aromatic carboxylic acids is 1. The lowest BCUT2D eigenvalue weighted by Gasteiger charge is -2.07. The first-order valence-electron chi connectivity index (χ1n) is 5.58. The highest BCUT2D eigenvalue weighted by Crippen LogP contribution is 2.30. The Labute approximate surface area is 130 Å². The lowest BCUT2D eigenvalue weighted by molar-refractivity contribution is 0.0697. The van der Waals surface area contributed by atoms with Crippen molar-refractivity contribution in [3.8, 4) is 0 Å². The van der Waals surface area contributed by atoms with Crippen molar-refractivity contribution < 1.29 is 22.8 Å². The second-order valence-corrected chi connectivity index (χ2v) is 7.03. The van der Waals surface area contributed by atoms with Crippen LogP contribution < -0.4 is 0 Å². The Morgan fingerprint density at radius 2 is 1.95 bits per heavy atom. The summed E-state index contributed by atoms with van der Waals surface area (Å²) in [5, 5.41) is 12.3. The van der Waals surface area contributed by atoms with Crippen molar-refractivity contribution in [3.63, 3.8) is 0 Å². The van der Waals surface area contributed by atoms with Gasteiger partial charge in [-0.1, -0.05) is 28.4 Å². The molecule has 1 heterocycles. The fourth-order valence-corrected chi connectivity index (χ4v) is 3.82. The summed E-state index contributed by atoms with van der Waals surface area (Å²) >= 11 is 11.6. The van der Waals surface area contributed by atoms with Gasteiger partial charge in [0.15, 0.2) is 15.6 Å². The highest BCUT2D eigenvalue weighted by atomic mass is 35.5. The van der Waals surface area contributed by atoms with E-state index in [1.165, 1.54) is 6.07 Å². The number of nitrogens with zero attached hydrogens (tertiary/aromatic N) is 1. The molecule has 112 valence electrons. The van der Waals surface area contributed by atoms with E-state index in [1.54, 1.807) is 6.92 Å². The summed E-state index contributed by atoms with van der Waals surface area (Å²) in [6.45, 7) is 1.65. The van der Waals surface area contributed by atoms with Crippen LogP contribution in [0.15, 0.2) is 27.6 Å². The fraction of sp³-hybridized carbons (Fsp3) is 0.167. The van der Waals surface area contributed by atoms with Gasteiger partial charge in [-0.25, -0.2) is 13.2 Å². The van der Waals surface area contributed by atoms with E-state index in [2.05, 4.69) is 5.16 Å². The van der Waals surface area contributed by atoms with Crippen molar-refractivity contribution in [3.05, 3.63) is 45.3 Å². The lowest BCUT2D eigenvalue weighted by Crippen LogP contribution is -2.08. The molecule has 2 aromatic rings.